The highest BCUT2D eigenvalue weighted by Crippen LogP contribution is 2.10. The van der Waals surface area contributed by atoms with Crippen molar-refractivity contribution >= 4 is 0 Å². The summed E-state index contributed by atoms with van der Waals surface area (Å²) in [6.45, 7) is 2.01. The van der Waals surface area contributed by atoms with Crippen molar-refractivity contribution in [3.8, 4) is 0 Å². The normalized spacial score (nSPS) is 13.9. The van der Waals surface area contributed by atoms with Crippen LogP contribution in [0.5, 0.6) is 0 Å². The summed E-state index contributed by atoms with van der Waals surface area (Å²) in [6.07, 6.45) is -0.155. The van der Waals surface area contributed by atoms with Gasteiger partial charge in [0.15, 0.2) is 0 Å². The molecule has 1 atom stereocenters. The highest BCUT2D eigenvalue weighted by atomic mass is 19.3. The molecule has 0 saturated heterocycles. The van der Waals surface area contributed by atoms with Gasteiger partial charge in [-0.2, -0.15) is 0 Å². The number of aliphatic hydroxyl groups is 1. The number of aliphatic hydroxyl groups excluding tert-OH is 1. The first-order valence-corrected chi connectivity index (χ1v) is 4.13. The van der Waals surface area contributed by atoms with Crippen molar-refractivity contribution in [1.29, 1.82) is 0 Å². The van der Waals surface area contributed by atoms with Gasteiger partial charge in [-0.1, -0.05) is 19.8 Å². The third-order valence-electron chi connectivity index (χ3n) is 1.61. The van der Waals surface area contributed by atoms with E-state index in [9.17, 15) is 8.78 Å². The van der Waals surface area contributed by atoms with E-state index in [1.54, 1.807) is 0 Å². The van der Waals surface area contributed by atoms with E-state index in [4.69, 9.17) is 5.11 Å². The number of alkyl halides is 2. The topological polar surface area (TPSA) is 20.2 Å². The maximum absolute atomic E-state index is 11.6. The molecule has 68 valence electrons. The second-order valence-electron chi connectivity index (χ2n) is 2.76. The van der Waals surface area contributed by atoms with Crippen molar-refractivity contribution < 1.29 is 13.9 Å². The van der Waals surface area contributed by atoms with Crippen LogP contribution in [0.25, 0.3) is 0 Å². The minimum Gasteiger partial charge on any atom is -0.393 e. The third-order valence-corrected chi connectivity index (χ3v) is 1.61. The molecule has 0 bridgehead atoms. The zero-order chi connectivity index (χ0) is 8.69. The summed E-state index contributed by atoms with van der Waals surface area (Å²) in [7, 11) is 0. The molecule has 0 aliphatic carbocycles. The summed E-state index contributed by atoms with van der Waals surface area (Å²) < 4.78 is 23.2. The highest BCUT2D eigenvalue weighted by molar-refractivity contribution is 4.56. The first-order chi connectivity index (χ1) is 5.16. The Bertz CT molecular complexity index is 86.2. The Morgan fingerprint density at radius 1 is 1.18 bits per heavy atom. The lowest BCUT2D eigenvalue weighted by Crippen LogP contribution is -2.08. The Morgan fingerprint density at radius 3 is 2.27 bits per heavy atom. The van der Waals surface area contributed by atoms with E-state index in [-0.39, 0.29) is 12.8 Å². The van der Waals surface area contributed by atoms with Gasteiger partial charge in [0, 0.05) is 6.42 Å². The lowest BCUT2D eigenvalue weighted by Gasteiger charge is -2.08. The predicted molar refractivity (Wildman–Crippen MR) is 40.8 cm³/mol. The van der Waals surface area contributed by atoms with Gasteiger partial charge in [0.1, 0.15) is 0 Å². The second kappa shape index (κ2) is 6.53. The monoisotopic (exact) mass is 166 g/mol. The van der Waals surface area contributed by atoms with Crippen LogP contribution in [-0.2, 0) is 0 Å². The van der Waals surface area contributed by atoms with Gasteiger partial charge in [0.05, 0.1) is 6.10 Å². The maximum Gasteiger partial charge on any atom is 0.238 e. The van der Waals surface area contributed by atoms with Crippen LogP contribution in [-0.4, -0.2) is 17.6 Å². The zero-order valence-electron chi connectivity index (χ0n) is 6.89. The fraction of sp³-hybridized carbons (Fsp3) is 1.00. The average Bonchev–Trinajstić information content (AvgIpc) is 1.97. The van der Waals surface area contributed by atoms with Gasteiger partial charge in [-0.3, -0.25) is 0 Å². The Labute approximate surface area is 66.4 Å². The van der Waals surface area contributed by atoms with Crippen LogP contribution in [0.15, 0.2) is 0 Å². The van der Waals surface area contributed by atoms with Crippen LogP contribution < -0.4 is 0 Å². The van der Waals surface area contributed by atoms with Crippen LogP contribution >= 0.6 is 0 Å². The minimum absolute atomic E-state index is 0.176. The summed E-state index contributed by atoms with van der Waals surface area (Å²) in [4.78, 5) is 0. The van der Waals surface area contributed by atoms with E-state index >= 15 is 0 Å². The van der Waals surface area contributed by atoms with Crippen LogP contribution in [0.1, 0.15) is 39.0 Å². The molecule has 0 saturated carbocycles. The largest absolute Gasteiger partial charge is 0.393 e. The molecule has 1 N–H and O–H groups in total. The van der Waals surface area contributed by atoms with Gasteiger partial charge < -0.3 is 5.11 Å². The molecule has 0 heterocycles. The molecule has 0 aliphatic heterocycles. The van der Waals surface area contributed by atoms with Crippen molar-refractivity contribution in [2.45, 2.75) is 51.6 Å². The molecule has 0 unspecified atom stereocenters. The molecule has 0 fully saturated rings. The Kier molecular flexibility index (Phi) is 6.42. The van der Waals surface area contributed by atoms with E-state index in [1.807, 2.05) is 6.92 Å². The van der Waals surface area contributed by atoms with Crippen LogP contribution in [0.3, 0.4) is 0 Å². The number of unbranched alkanes of at least 4 members (excludes halogenated alkanes) is 1. The quantitative estimate of drug-likeness (QED) is 0.643. The number of hydrogen-bond acceptors (Lipinski definition) is 1. The molecular weight excluding hydrogens is 150 g/mol. The summed E-state index contributed by atoms with van der Waals surface area (Å²) in [5.74, 6) is 0. The summed E-state index contributed by atoms with van der Waals surface area (Å²) in [5, 5.41) is 9.10. The van der Waals surface area contributed by atoms with E-state index in [0.29, 0.717) is 6.42 Å². The molecule has 0 rings (SSSR count). The Balaban J connectivity index is 3.15. The van der Waals surface area contributed by atoms with Gasteiger partial charge in [-0.15, -0.1) is 0 Å². The van der Waals surface area contributed by atoms with Gasteiger partial charge in [-0.25, -0.2) is 8.78 Å². The van der Waals surface area contributed by atoms with Gasteiger partial charge in [0.25, 0.3) is 0 Å². The molecule has 0 aliphatic rings. The molecule has 11 heavy (non-hydrogen) atoms. The second-order valence-corrected chi connectivity index (χ2v) is 2.76. The first kappa shape index (κ1) is 10.8. The molecule has 0 aromatic carbocycles. The van der Waals surface area contributed by atoms with Crippen LogP contribution in [0.4, 0.5) is 8.78 Å². The van der Waals surface area contributed by atoms with Crippen molar-refractivity contribution in [2.24, 2.45) is 0 Å². The molecule has 0 amide bonds. The summed E-state index contributed by atoms with van der Waals surface area (Å²) in [5.41, 5.74) is 0. The van der Waals surface area contributed by atoms with Crippen molar-refractivity contribution in [3.63, 3.8) is 0 Å². The number of rotatable bonds is 6. The maximum atomic E-state index is 11.6. The Morgan fingerprint density at radius 2 is 1.82 bits per heavy atom. The van der Waals surface area contributed by atoms with E-state index in [1.165, 1.54) is 0 Å². The third kappa shape index (κ3) is 7.72. The van der Waals surface area contributed by atoms with E-state index in [0.717, 1.165) is 12.8 Å². The van der Waals surface area contributed by atoms with Gasteiger partial charge in [-0.05, 0) is 12.8 Å². The van der Waals surface area contributed by atoms with E-state index in [2.05, 4.69) is 0 Å². The van der Waals surface area contributed by atoms with Crippen molar-refractivity contribution in [3.05, 3.63) is 0 Å². The standard InChI is InChI=1S/C8H16F2O/c1-2-3-4-7(11)5-6-8(9)10/h7-8,11H,2-6H2,1H3/t7-/m0/s1. The fourth-order valence-electron chi connectivity index (χ4n) is 0.902. The molecular formula is C8H16F2O. The van der Waals surface area contributed by atoms with Gasteiger partial charge in [0.2, 0.25) is 6.43 Å². The average molecular weight is 166 g/mol. The SMILES string of the molecule is CCCC[C@H](O)CCC(F)F. The van der Waals surface area contributed by atoms with Crippen molar-refractivity contribution in [2.75, 3.05) is 0 Å². The zero-order valence-corrected chi connectivity index (χ0v) is 6.89. The lowest BCUT2D eigenvalue weighted by atomic mass is 10.1. The molecule has 0 aromatic rings. The lowest BCUT2D eigenvalue weighted by molar-refractivity contribution is 0.0912. The number of hydrogen-bond donors (Lipinski definition) is 1. The highest BCUT2D eigenvalue weighted by Gasteiger charge is 2.07. The Hall–Kier alpha value is -0.180. The molecule has 3 heteroatoms. The predicted octanol–water partition coefficient (Wildman–Crippen LogP) is 2.58. The summed E-state index contributed by atoms with van der Waals surface area (Å²) in [6, 6.07) is 0. The molecule has 0 spiro atoms. The van der Waals surface area contributed by atoms with E-state index < -0.39 is 12.5 Å². The summed E-state index contributed by atoms with van der Waals surface area (Å²) >= 11 is 0. The van der Waals surface area contributed by atoms with Crippen LogP contribution in [0, 0.1) is 0 Å². The first-order valence-electron chi connectivity index (χ1n) is 4.13. The molecule has 0 aromatic heterocycles. The van der Waals surface area contributed by atoms with Gasteiger partial charge >= 0.3 is 0 Å². The fourth-order valence-corrected chi connectivity index (χ4v) is 0.902. The number of halogens is 2. The van der Waals surface area contributed by atoms with Crippen LogP contribution in [0.2, 0.25) is 0 Å². The smallest absolute Gasteiger partial charge is 0.238 e. The minimum atomic E-state index is -2.27. The molecule has 0 radical (unpaired) electrons. The molecule has 1 nitrogen and oxygen atoms in total. The van der Waals surface area contributed by atoms with Crippen molar-refractivity contribution in [1.82, 2.24) is 0 Å².